The average molecular weight is 482 g/mol. The third-order valence-electron chi connectivity index (χ3n) is 4.35. The van der Waals surface area contributed by atoms with E-state index in [0.29, 0.717) is 18.6 Å². The number of rotatable bonds is 14. The Bertz CT molecular complexity index is 539. The lowest BCUT2D eigenvalue weighted by atomic mass is 9.83. The van der Waals surface area contributed by atoms with Gasteiger partial charge in [-0.05, 0) is 54.9 Å². The quantitative estimate of drug-likeness (QED) is 0.229. The van der Waals surface area contributed by atoms with Crippen LogP contribution in [0.2, 0.25) is 0 Å². The van der Waals surface area contributed by atoms with E-state index in [0.717, 1.165) is 0 Å². The minimum absolute atomic E-state index is 0.00998. The highest BCUT2D eigenvalue weighted by molar-refractivity contribution is 9.10. The lowest BCUT2D eigenvalue weighted by Crippen LogP contribution is -2.42. The molecule has 0 fully saturated rings. The number of hydrogen-bond donors (Lipinski definition) is 1. The second-order valence-electron chi connectivity index (χ2n) is 8.40. The van der Waals surface area contributed by atoms with Crippen molar-refractivity contribution in [2.45, 2.75) is 71.3 Å². The van der Waals surface area contributed by atoms with Crippen molar-refractivity contribution >= 4 is 33.8 Å². The summed E-state index contributed by atoms with van der Waals surface area (Å²) in [6, 6.07) is 0.689. The lowest BCUT2D eigenvalue weighted by molar-refractivity contribution is -0.158. The first-order valence-corrected chi connectivity index (χ1v) is 10.6. The van der Waals surface area contributed by atoms with E-state index in [-0.39, 0.29) is 26.2 Å². The molecular formula is C20H36BrNO7. The number of aliphatic carboxylic acids is 1. The lowest BCUT2D eigenvalue weighted by Gasteiger charge is -2.32. The summed E-state index contributed by atoms with van der Waals surface area (Å²) in [6.07, 6.45) is 0.172. The molecular weight excluding hydrogens is 446 g/mol. The number of hydrogen-bond acceptors (Lipinski definition) is 7. The minimum Gasteiger partial charge on any atom is -0.480 e. The number of carboxylic acid groups (broad SMARTS) is 1. The van der Waals surface area contributed by atoms with Crippen LogP contribution in [0.25, 0.3) is 0 Å². The fourth-order valence-corrected chi connectivity index (χ4v) is 3.84. The second kappa shape index (κ2) is 12.5. The Hall–Kier alpha value is -1.19. The zero-order chi connectivity index (χ0) is 22.8. The third-order valence-corrected chi connectivity index (χ3v) is 4.95. The summed E-state index contributed by atoms with van der Waals surface area (Å²) in [7, 11) is 0. The molecule has 0 aromatic rings. The zero-order valence-corrected chi connectivity index (χ0v) is 20.2. The first-order chi connectivity index (χ1) is 13.2. The number of ether oxygens (including phenoxy) is 3. The summed E-state index contributed by atoms with van der Waals surface area (Å²) in [4.78, 5) is 37.5. The molecule has 0 aromatic carbocycles. The molecule has 9 heteroatoms. The third kappa shape index (κ3) is 11.0. The molecule has 0 heterocycles. The number of esters is 2. The highest BCUT2D eigenvalue weighted by atomic mass is 79.9. The van der Waals surface area contributed by atoms with Crippen molar-refractivity contribution in [2.24, 2.45) is 5.41 Å². The Morgan fingerprint density at radius 1 is 0.931 bits per heavy atom. The van der Waals surface area contributed by atoms with Gasteiger partial charge in [0, 0.05) is 18.6 Å². The fraction of sp³-hybridized carbons (Fsp3) is 0.850. The predicted molar refractivity (Wildman–Crippen MR) is 113 cm³/mol. The van der Waals surface area contributed by atoms with Gasteiger partial charge in [-0.2, -0.15) is 0 Å². The topological polar surface area (TPSA) is 102 Å². The van der Waals surface area contributed by atoms with E-state index in [1.165, 1.54) is 0 Å². The van der Waals surface area contributed by atoms with Crippen molar-refractivity contribution in [3.63, 3.8) is 0 Å². The normalized spacial score (nSPS) is 14.2. The molecule has 0 amide bonds. The molecule has 1 atom stereocenters. The molecule has 0 saturated heterocycles. The Morgan fingerprint density at radius 3 is 1.93 bits per heavy atom. The molecule has 1 N–H and O–H groups in total. The first kappa shape index (κ1) is 27.8. The summed E-state index contributed by atoms with van der Waals surface area (Å²) in [6.45, 7) is 13.8. The maximum atomic E-state index is 12.5. The van der Waals surface area contributed by atoms with Crippen LogP contribution in [0.4, 0.5) is 0 Å². The number of alkyl halides is 1. The van der Waals surface area contributed by atoms with Gasteiger partial charge in [0.25, 0.3) is 0 Å². The van der Waals surface area contributed by atoms with Gasteiger partial charge < -0.3 is 19.3 Å². The number of halogens is 1. The van der Waals surface area contributed by atoms with Crippen molar-refractivity contribution in [2.75, 3.05) is 33.0 Å². The van der Waals surface area contributed by atoms with Crippen molar-refractivity contribution in [1.82, 2.24) is 4.90 Å². The van der Waals surface area contributed by atoms with Gasteiger partial charge in [-0.25, -0.2) is 4.79 Å². The Kier molecular flexibility index (Phi) is 12.0. The Labute approximate surface area is 182 Å². The fourth-order valence-electron chi connectivity index (χ4n) is 3.03. The van der Waals surface area contributed by atoms with Crippen molar-refractivity contribution in [1.29, 1.82) is 0 Å². The van der Waals surface area contributed by atoms with Crippen LogP contribution in [0, 0.1) is 5.41 Å². The van der Waals surface area contributed by atoms with Crippen LogP contribution in [-0.2, 0) is 28.6 Å². The number of carboxylic acids is 1. The van der Waals surface area contributed by atoms with Crippen LogP contribution >= 0.6 is 15.9 Å². The Morgan fingerprint density at radius 2 is 1.45 bits per heavy atom. The largest absolute Gasteiger partial charge is 0.480 e. The van der Waals surface area contributed by atoms with Crippen LogP contribution in [0.3, 0.4) is 0 Å². The summed E-state index contributed by atoms with van der Waals surface area (Å²) in [5, 5.41) is 8.49. The molecule has 0 aliphatic carbocycles. The summed E-state index contributed by atoms with van der Waals surface area (Å²) in [5.74, 6) is -2.02. The van der Waals surface area contributed by atoms with Crippen LogP contribution in [0.1, 0.15) is 54.9 Å². The molecule has 170 valence electrons. The van der Waals surface area contributed by atoms with E-state index < -0.39 is 34.3 Å². The van der Waals surface area contributed by atoms with E-state index in [4.69, 9.17) is 19.3 Å². The monoisotopic (exact) mass is 481 g/mol. The highest BCUT2D eigenvalue weighted by Crippen LogP contribution is 2.35. The van der Waals surface area contributed by atoms with Gasteiger partial charge in [-0.1, -0.05) is 15.9 Å². The summed E-state index contributed by atoms with van der Waals surface area (Å²) in [5.41, 5.74) is -0.952. The SMILES string of the molecule is CC(C)N(CCOC(=O)C(C)(Br)CC(C)(C)C(=O)OCCOCC(=O)O)C(C)C. The maximum Gasteiger partial charge on any atom is 0.329 e. The standard InChI is InChI=1S/C20H36BrNO7/c1-14(2)22(15(3)4)8-9-28-18(26)20(7,21)13-19(5,6)17(25)29-11-10-27-12-16(23)24/h14-15H,8-13H2,1-7H3,(H,23,24). The average Bonchev–Trinajstić information content (AvgIpc) is 2.55. The number of carbonyl (C=O) groups excluding carboxylic acids is 2. The minimum atomic E-state index is -1.09. The molecule has 0 aromatic heterocycles. The molecule has 0 saturated carbocycles. The van der Waals surface area contributed by atoms with Crippen LogP contribution in [0.5, 0.6) is 0 Å². The molecule has 0 aliphatic heterocycles. The van der Waals surface area contributed by atoms with Gasteiger partial charge in [0.05, 0.1) is 12.0 Å². The van der Waals surface area contributed by atoms with Gasteiger partial charge in [-0.3, -0.25) is 14.5 Å². The molecule has 1 unspecified atom stereocenters. The molecule has 8 nitrogen and oxygen atoms in total. The molecule has 0 radical (unpaired) electrons. The first-order valence-electron chi connectivity index (χ1n) is 9.79. The Balaban J connectivity index is 4.57. The van der Waals surface area contributed by atoms with Gasteiger partial charge in [-0.15, -0.1) is 0 Å². The van der Waals surface area contributed by atoms with Crippen LogP contribution < -0.4 is 0 Å². The van der Waals surface area contributed by atoms with Gasteiger partial charge in [0.1, 0.15) is 24.1 Å². The van der Waals surface area contributed by atoms with Crippen LogP contribution in [0.15, 0.2) is 0 Å². The van der Waals surface area contributed by atoms with Crippen molar-refractivity contribution in [3.05, 3.63) is 0 Å². The summed E-state index contributed by atoms with van der Waals surface area (Å²) >= 11 is 3.40. The van der Waals surface area contributed by atoms with Gasteiger partial charge >= 0.3 is 17.9 Å². The number of carbonyl (C=O) groups is 3. The van der Waals surface area contributed by atoms with Gasteiger partial charge in [0.2, 0.25) is 0 Å². The number of nitrogens with zero attached hydrogens (tertiary/aromatic N) is 1. The van der Waals surface area contributed by atoms with E-state index in [9.17, 15) is 14.4 Å². The van der Waals surface area contributed by atoms with E-state index in [1.54, 1.807) is 20.8 Å². The van der Waals surface area contributed by atoms with Crippen LogP contribution in [-0.4, -0.2) is 77.3 Å². The molecule has 0 rings (SSSR count). The smallest absolute Gasteiger partial charge is 0.329 e. The highest BCUT2D eigenvalue weighted by Gasteiger charge is 2.42. The second-order valence-corrected chi connectivity index (χ2v) is 10.2. The summed E-state index contributed by atoms with van der Waals surface area (Å²) < 4.78 is 14.4. The molecule has 29 heavy (non-hydrogen) atoms. The molecule has 0 spiro atoms. The zero-order valence-electron chi connectivity index (χ0n) is 18.6. The molecule has 0 aliphatic rings. The van der Waals surface area contributed by atoms with E-state index in [2.05, 4.69) is 48.5 Å². The van der Waals surface area contributed by atoms with E-state index in [1.807, 2.05) is 0 Å². The predicted octanol–water partition coefficient (Wildman–Crippen LogP) is 2.86. The molecule has 0 bridgehead atoms. The van der Waals surface area contributed by atoms with E-state index >= 15 is 0 Å². The van der Waals surface area contributed by atoms with Crippen molar-refractivity contribution in [3.8, 4) is 0 Å². The van der Waals surface area contributed by atoms with Crippen molar-refractivity contribution < 1.29 is 33.7 Å². The maximum absolute atomic E-state index is 12.5. The van der Waals surface area contributed by atoms with Gasteiger partial charge in [0.15, 0.2) is 0 Å².